The number of hydrogen-bond donors (Lipinski definition) is 2. The Morgan fingerprint density at radius 1 is 0.953 bits per heavy atom. The molecule has 4 aliphatic rings. The number of nitrogens with one attached hydrogen (secondary N) is 2. The lowest BCUT2D eigenvalue weighted by Crippen LogP contribution is -2.54. The molecule has 1 aromatic carbocycles. The van der Waals surface area contributed by atoms with Crippen molar-refractivity contribution >= 4 is 40.3 Å². The zero-order valence-corrected chi connectivity index (χ0v) is 23.7. The minimum Gasteiger partial charge on any atom is -0.385 e. The third kappa shape index (κ3) is 4.33. The first-order valence-electron chi connectivity index (χ1n) is 14.9. The molecule has 43 heavy (non-hydrogen) atoms. The number of aryl methyl sites for hydroxylation is 1. The van der Waals surface area contributed by atoms with Gasteiger partial charge in [0.1, 0.15) is 6.04 Å². The Morgan fingerprint density at radius 3 is 2.56 bits per heavy atom. The van der Waals surface area contributed by atoms with E-state index < -0.39 is 23.8 Å². The monoisotopic (exact) mass is 577 g/mol. The first-order chi connectivity index (χ1) is 20.8. The van der Waals surface area contributed by atoms with Crippen LogP contribution in [0.2, 0.25) is 0 Å². The zero-order chi connectivity index (χ0) is 29.4. The third-order valence-electron chi connectivity index (χ3n) is 9.36. The van der Waals surface area contributed by atoms with Gasteiger partial charge in [0.2, 0.25) is 11.8 Å². The lowest BCUT2D eigenvalue weighted by molar-refractivity contribution is -0.136. The molecule has 1 saturated heterocycles. The minimum atomic E-state index is -0.964. The molecule has 5 heterocycles. The summed E-state index contributed by atoms with van der Waals surface area (Å²) in [6, 6.07) is 10.8. The van der Waals surface area contributed by atoms with Crippen LogP contribution < -0.4 is 10.6 Å². The molecule has 3 fully saturated rings. The van der Waals surface area contributed by atoms with Crippen molar-refractivity contribution in [1.29, 1.82) is 0 Å². The average Bonchev–Trinajstić information content (AvgIpc) is 3.55. The summed E-state index contributed by atoms with van der Waals surface area (Å²) in [4.78, 5) is 55.9. The summed E-state index contributed by atoms with van der Waals surface area (Å²) in [5, 5.41) is 10.7. The number of rotatable bonds is 7. The van der Waals surface area contributed by atoms with Crippen molar-refractivity contribution in [3.63, 3.8) is 0 Å². The van der Waals surface area contributed by atoms with Gasteiger partial charge in [-0.25, -0.2) is 4.98 Å². The van der Waals surface area contributed by atoms with Crippen LogP contribution >= 0.6 is 0 Å². The number of anilines is 1. The average molecular weight is 578 g/mol. The molecule has 4 amide bonds. The molecule has 2 aliphatic carbocycles. The highest BCUT2D eigenvalue weighted by Crippen LogP contribution is 2.45. The van der Waals surface area contributed by atoms with E-state index in [-0.39, 0.29) is 29.9 Å². The number of hydrogen-bond acceptors (Lipinski definition) is 7. The predicted molar refractivity (Wildman–Crippen MR) is 157 cm³/mol. The fourth-order valence-corrected chi connectivity index (χ4v) is 6.68. The van der Waals surface area contributed by atoms with Gasteiger partial charge in [0, 0.05) is 49.6 Å². The van der Waals surface area contributed by atoms with Gasteiger partial charge in [0.15, 0.2) is 0 Å². The van der Waals surface area contributed by atoms with Crippen molar-refractivity contribution < 1.29 is 19.2 Å². The van der Waals surface area contributed by atoms with E-state index in [2.05, 4.69) is 38.2 Å². The molecular weight excluding hydrogens is 546 g/mol. The Kier molecular flexibility index (Phi) is 5.79. The van der Waals surface area contributed by atoms with E-state index in [1.165, 1.54) is 12.8 Å². The van der Waals surface area contributed by atoms with Crippen LogP contribution in [-0.4, -0.2) is 60.4 Å². The molecule has 3 aromatic heterocycles. The van der Waals surface area contributed by atoms with Gasteiger partial charge in [-0.15, -0.1) is 0 Å². The first kappa shape index (κ1) is 25.9. The second-order valence-electron chi connectivity index (χ2n) is 12.3. The number of fused-ring (bicyclic) bond motifs is 2. The standard InChI is InChI=1S/C32H31N7O4/c1-37-11-10-25-26(37)7-6-24(34-25)23-16-38(36-29(23)18-2-3-18)20-12-17(13-20)15-33-19-4-5-21-22(14-19)32(43)39(31(21)42)27-8-9-28(40)35-30(27)41/h4-7,10-11,14,16-18,20,27,33H,2-3,8-9,12-13,15H2,1H3,(H,35,40,41)/t17-,20-,27?. The summed E-state index contributed by atoms with van der Waals surface area (Å²) in [6.45, 7) is 0.740. The molecule has 8 rings (SSSR count). The smallest absolute Gasteiger partial charge is 0.262 e. The largest absolute Gasteiger partial charge is 0.385 e. The van der Waals surface area contributed by atoms with Gasteiger partial charge in [-0.3, -0.25) is 34.1 Å². The molecule has 218 valence electrons. The number of carbonyl (C=O) groups is 4. The molecule has 2 saturated carbocycles. The van der Waals surface area contributed by atoms with Crippen molar-refractivity contribution in [3.05, 3.63) is 65.6 Å². The molecule has 11 nitrogen and oxygen atoms in total. The Labute approximate surface area is 247 Å². The molecule has 4 aromatic rings. The van der Waals surface area contributed by atoms with Crippen LogP contribution in [0.15, 0.2) is 48.8 Å². The van der Waals surface area contributed by atoms with Crippen LogP contribution in [0.3, 0.4) is 0 Å². The molecule has 1 atom stereocenters. The van der Waals surface area contributed by atoms with Gasteiger partial charge in [-0.2, -0.15) is 5.10 Å². The lowest BCUT2D eigenvalue weighted by Gasteiger charge is -2.35. The maximum atomic E-state index is 13.1. The highest BCUT2D eigenvalue weighted by atomic mass is 16.2. The summed E-state index contributed by atoms with van der Waals surface area (Å²) in [6.07, 6.45) is 8.79. The fourth-order valence-electron chi connectivity index (χ4n) is 6.68. The van der Waals surface area contributed by atoms with Crippen molar-refractivity contribution in [2.45, 2.75) is 56.5 Å². The van der Waals surface area contributed by atoms with E-state index in [0.717, 1.165) is 58.0 Å². The maximum absolute atomic E-state index is 13.1. The van der Waals surface area contributed by atoms with Crippen LogP contribution in [0.5, 0.6) is 0 Å². The summed E-state index contributed by atoms with van der Waals surface area (Å²) in [5.74, 6) is -1.02. The van der Waals surface area contributed by atoms with Gasteiger partial charge in [-0.05, 0) is 74.4 Å². The molecule has 0 spiro atoms. The molecule has 2 N–H and O–H groups in total. The second-order valence-corrected chi connectivity index (χ2v) is 12.3. The maximum Gasteiger partial charge on any atom is 0.262 e. The highest BCUT2D eigenvalue weighted by Gasteiger charge is 2.44. The molecule has 11 heteroatoms. The normalized spacial score (nSPS) is 23.5. The van der Waals surface area contributed by atoms with Crippen molar-refractivity contribution in [3.8, 4) is 11.3 Å². The number of piperidine rings is 1. The molecule has 2 aliphatic heterocycles. The number of aromatic nitrogens is 4. The topological polar surface area (TPSA) is 131 Å². The number of nitrogens with zero attached hydrogens (tertiary/aromatic N) is 5. The van der Waals surface area contributed by atoms with Crippen LogP contribution in [-0.2, 0) is 16.6 Å². The van der Waals surface area contributed by atoms with E-state index in [9.17, 15) is 19.2 Å². The van der Waals surface area contributed by atoms with Crippen molar-refractivity contribution in [2.75, 3.05) is 11.9 Å². The molecule has 0 bridgehead atoms. The van der Waals surface area contributed by atoms with Crippen molar-refractivity contribution in [2.24, 2.45) is 13.0 Å². The van der Waals surface area contributed by atoms with Gasteiger partial charge < -0.3 is 9.88 Å². The molecule has 0 radical (unpaired) electrons. The Hall–Kier alpha value is -4.80. The van der Waals surface area contributed by atoms with E-state index in [4.69, 9.17) is 10.1 Å². The second kappa shape index (κ2) is 9.62. The number of carbonyl (C=O) groups excluding carboxylic acids is 4. The Bertz CT molecular complexity index is 1850. The number of benzene rings is 1. The van der Waals surface area contributed by atoms with Gasteiger partial charge in [0.05, 0.1) is 39.6 Å². The number of pyridine rings is 1. The van der Waals surface area contributed by atoms with Crippen LogP contribution in [0.4, 0.5) is 5.69 Å². The SMILES string of the molecule is Cn1ccc2nc(-c3cn([C@H]4C[C@H](CNc5ccc6c(c5)C(=O)N(C5CCC(=O)NC5=O)C6=O)C4)nc3C3CC3)ccc21. The zero-order valence-electron chi connectivity index (χ0n) is 23.7. The minimum absolute atomic E-state index is 0.0983. The van der Waals surface area contributed by atoms with E-state index in [0.29, 0.717) is 17.9 Å². The highest BCUT2D eigenvalue weighted by molar-refractivity contribution is 6.23. The lowest BCUT2D eigenvalue weighted by atomic mass is 9.80. The fraction of sp³-hybridized carbons (Fsp3) is 0.375. The van der Waals surface area contributed by atoms with Crippen LogP contribution in [0.1, 0.15) is 76.9 Å². The first-order valence-corrected chi connectivity index (χ1v) is 14.9. The summed E-state index contributed by atoms with van der Waals surface area (Å²) in [5.41, 5.74) is 6.70. The summed E-state index contributed by atoms with van der Waals surface area (Å²) < 4.78 is 4.22. The summed E-state index contributed by atoms with van der Waals surface area (Å²) >= 11 is 0. The summed E-state index contributed by atoms with van der Waals surface area (Å²) in [7, 11) is 2.03. The van der Waals surface area contributed by atoms with Crippen molar-refractivity contribution in [1.82, 2.24) is 29.5 Å². The molecule has 1 unspecified atom stereocenters. The van der Waals surface area contributed by atoms with Gasteiger partial charge in [0.25, 0.3) is 11.8 Å². The molecular formula is C32H31N7O4. The van der Waals surface area contributed by atoms with E-state index in [1.807, 2.05) is 19.3 Å². The predicted octanol–water partition coefficient (Wildman–Crippen LogP) is 3.78. The van der Waals surface area contributed by atoms with Gasteiger partial charge in [-0.1, -0.05) is 0 Å². The Morgan fingerprint density at radius 2 is 1.77 bits per heavy atom. The van der Waals surface area contributed by atoms with E-state index >= 15 is 0 Å². The van der Waals surface area contributed by atoms with E-state index in [1.54, 1.807) is 18.2 Å². The Balaban J connectivity index is 0.923. The number of amides is 4. The van der Waals surface area contributed by atoms with Crippen LogP contribution in [0, 0.1) is 5.92 Å². The van der Waals surface area contributed by atoms with Crippen LogP contribution in [0.25, 0.3) is 22.3 Å². The quantitative estimate of drug-likeness (QED) is 0.320. The third-order valence-corrected chi connectivity index (χ3v) is 9.36. The number of imide groups is 2. The van der Waals surface area contributed by atoms with Gasteiger partial charge >= 0.3 is 0 Å².